The second-order valence-electron chi connectivity index (χ2n) is 13.1. The molecule has 240 valence electrons. The van der Waals surface area contributed by atoms with Crippen molar-refractivity contribution in [3.8, 4) is 50.8 Å². The van der Waals surface area contributed by atoms with Crippen molar-refractivity contribution >= 4 is 22.7 Å². The molecule has 0 fully saturated rings. The molecule has 2 aliphatic carbocycles. The van der Waals surface area contributed by atoms with Crippen LogP contribution in [0, 0.1) is 0 Å². The molecule has 8 aromatic rings. The molecule has 2 aliphatic rings. The zero-order chi connectivity index (χ0) is 33.9. The van der Waals surface area contributed by atoms with Gasteiger partial charge in [-0.1, -0.05) is 121 Å². The summed E-state index contributed by atoms with van der Waals surface area (Å²) in [6.45, 7) is 0. The average molecular weight is 655 g/mol. The molecule has 0 bridgehead atoms. The number of hydrogen-bond acceptors (Lipinski definition) is 4. The van der Waals surface area contributed by atoms with Gasteiger partial charge in [-0.2, -0.15) is 0 Å². The third kappa shape index (κ3) is 4.40. The van der Waals surface area contributed by atoms with Gasteiger partial charge in [-0.05, 0) is 98.4 Å². The van der Waals surface area contributed by atoms with E-state index >= 15 is 0 Å². The van der Waals surface area contributed by atoms with E-state index in [1.54, 1.807) is 12.3 Å². The zero-order valence-corrected chi connectivity index (χ0v) is 27.5. The topological polar surface area (TPSA) is 54.7 Å². The van der Waals surface area contributed by atoms with Gasteiger partial charge in [0, 0.05) is 10.9 Å². The Morgan fingerprint density at radius 1 is 0.529 bits per heavy atom. The number of hydrogen-bond donors (Lipinski definition) is 1. The van der Waals surface area contributed by atoms with Crippen molar-refractivity contribution in [2.45, 2.75) is 5.41 Å². The minimum absolute atomic E-state index is 0.202. The van der Waals surface area contributed by atoms with Crippen molar-refractivity contribution in [3.05, 3.63) is 198 Å². The largest absolute Gasteiger partial charge is 0.507 e. The molecule has 7 aromatic carbocycles. The van der Waals surface area contributed by atoms with Gasteiger partial charge in [0.05, 0.1) is 28.7 Å². The Hall–Kier alpha value is -6.78. The number of rotatable bonds is 5. The van der Waals surface area contributed by atoms with Gasteiger partial charge in [-0.15, -0.1) is 0 Å². The van der Waals surface area contributed by atoms with Crippen molar-refractivity contribution in [3.63, 3.8) is 0 Å². The van der Waals surface area contributed by atoms with Crippen LogP contribution in [0.4, 0.5) is 5.69 Å². The van der Waals surface area contributed by atoms with Crippen molar-refractivity contribution < 1.29 is 9.84 Å². The lowest BCUT2D eigenvalue weighted by molar-refractivity contribution is 0.481. The number of para-hydroxylation sites is 1. The third-order valence-electron chi connectivity index (χ3n) is 10.3. The fourth-order valence-corrected chi connectivity index (χ4v) is 8.24. The first-order valence-corrected chi connectivity index (χ1v) is 17.1. The van der Waals surface area contributed by atoms with E-state index in [1.165, 1.54) is 38.9 Å². The molecular weight excluding hydrogens is 625 g/mol. The molecule has 0 amide bonds. The fourth-order valence-electron chi connectivity index (χ4n) is 8.24. The minimum Gasteiger partial charge on any atom is -0.507 e. The van der Waals surface area contributed by atoms with E-state index in [0.717, 1.165) is 33.7 Å². The fraction of sp³-hybridized carbons (Fsp3) is 0.0213. The van der Waals surface area contributed by atoms with Crippen LogP contribution in [-0.2, 0) is 5.41 Å². The number of fused-ring (bicyclic) bond motifs is 11. The highest BCUT2D eigenvalue weighted by Gasteiger charge is 2.51. The Labute approximate surface area is 295 Å². The molecule has 4 nitrogen and oxygen atoms in total. The Morgan fingerprint density at radius 2 is 1.14 bits per heavy atom. The van der Waals surface area contributed by atoms with E-state index in [-0.39, 0.29) is 5.75 Å². The Morgan fingerprint density at radius 3 is 1.84 bits per heavy atom. The van der Waals surface area contributed by atoms with E-state index in [1.807, 2.05) is 78.9 Å². The van der Waals surface area contributed by atoms with E-state index in [4.69, 9.17) is 14.7 Å². The van der Waals surface area contributed by atoms with Crippen LogP contribution in [0.3, 0.4) is 0 Å². The van der Waals surface area contributed by atoms with Crippen LogP contribution in [0.2, 0.25) is 0 Å². The summed E-state index contributed by atoms with van der Waals surface area (Å²) in [7, 11) is 0. The van der Waals surface area contributed by atoms with Crippen molar-refractivity contribution in [1.82, 2.24) is 4.98 Å². The number of benzene rings is 7. The van der Waals surface area contributed by atoms with Crippen LogP contribution in [0.15, 0.2) is 175 Å². The van der Waals surface area contributed by atoms with Crippen molar-refractivity contribution in [2.24, 2.45) is 4.99 Å². The van der Waals surface area contributed by atoms with Crippen LogP contribution in [0.1, 0.15) is 27.9 Å². The van der Waals surface area contributed by atoms with Crippen LogP contribution in [-0.4, -0.2) is 16.3 Å². The summed E-state index contributed by atoms with van der Waals surface area (Å²) in [6.07, 6.45) is 1.76. The number of aromatic nitrogens is 1. The normalized spacial score (nSPS) is 13.3. The smallest absolute Gasteiger partial charge is 0.137 e. The van der Waals surface area contributed by atoms with E-state index in [0.29, 0.717) is 16.8 Å². The molecule has 1 spiro atoms. The van der Waals surface area contributed by atoms with Crippen molar-refractivity contribution in [1.29, 1.82) is 0 Å². The summed E-state index contributed by atoms with van der Waals surface area (Å²) in [6, 6.07) is 58.2. The number of phenols is 1. The van der Waals surface area contributed by atoms with Gasteiger partial charge in [0.2, 0.25) is 0 Å². The first kappa shape index (κ1) is 29.2. The number of aromatic hydroxyl groups is 1. The highest BCUT2D eigenvalue weighted by molar-refractivity contribution is 6.00. The maximum atomic E-state index is 10.6. The predicted molar refractivity (Wildman–Crippen MR) is 205 cm³/mol. The quantitative estimate of drug-likeness (QED) is 0.188. The molecule has 1 N–H and O–H groups in total. The second kappa shape index (κ2) is 11.4. The highest BCUT2D eigenvalue weighted by Crippen LogP contribution is 2.63. The SMILES string of the molecule is Oc1cccc2cccc(/N=C/c3cccc(-c4cc5c(cc4Oc4ccccc4)-c4ccccc4C54c5ccccc5-c5ccccc54)n3)c12. The summed E-state index contributed by atoms with van der Waals surface area (Å²) in [5.74, 6) is 1.68. The molecule has 0 aliphatic heterocycles. The summed E-state index contributed by atoms with van der Waals surface area (Å²) < 4.78 is 6.72. The summed E-state index contributed by atoms with van der Waals surface area (Å²) in [5, 5.41) is 12.3. The van der Waals surface area contributed by atoms with Crippen molar-refractivity contribution in [2.75, 3.05) is 0 Å². The molecule has 0 saturated carbocycles. The van der Waals surface area contributed by atoms with Gasteiger partial charge < -0.3 is 9.84 Å². The maximum Gasteiger partial charge on any atom is 0.137 e. The van der Waals surface area contributed by atoms with Crippen LogP contribution >= 0.6 is 0 Å². The third-order valence-corrected chi connectivity index (χ3v) is 10.3. The Kier molecular flexibility index (Phi) is 6.52. The number of nitrogens with zero attached hydrogens (tertiary/aromatic N) is 2. The minimum atomic E-state index is -0.491. The molecular formula is C47H30N2O2. The van der Waals surface area contributed by atoms with Crippen LogP contribution < -0.4 is 4.74 Å². The molecule has 1 heterocycles. The average Bonchev–Trinajstić information content (AvgIpc) is 3.64. The van der Waals surface area contributed by atoms with Crippen LogP contribution in [0.5, 0.6) is 17.2 Å². The summed E-state index contributed by atoms with van der Waals surface area (Å²) >= 11 is 0. The second-order valence-corrected chi connectivity index (χ2v) is 13.1. The maximum absolute atomic E-state index is 10.6. The lowest BCUT2D eigenvalue weighted by Gasteiger charge is -2.31. The highest BCUT2D eigenvalue weighted by atomic mass is 16.5. The van der Waals surface area contributed by atoms with E-state index in [2.05, 4.69) is 84.9 Å². The van der Waals surface area contributed by atoms with Gasteiger partial charge in [0.1, 0.15) is 17.2 Å². The Bertz CT molecular complexity index is 2650. The predicted octanol–water partition coefficient (Wildman–Crippen LogP) is 11.5. The molecule has 51 heavy (non-hydrogen) atoms. The van der Waals surface area contributed by atoms with Gasteiger partial charge >= 0.3 is 0 Å². The number of ether oxygens (including phenoxy) is 1. The Balaban J connectivity index is 1.19. The van der Waals surface area contributed by atoms with E-state index < -0.39 is 5.41 Å². The molecule has 1 aromatic heterocycles. The van der Waals surface area contributed by atoms with Gasteiger partial charge in [-0.3, -0.25) is 4.99 Å². The first-order valence-electron chi connectivity index (χ1n) is 17.1. The standard InChI is InChI=1S/C47H30N2O2/c50-44-26-11-14-30-13-10-25-43(46(30)44)48-29-31-15-12-24-42(49-31)37-27-41-36(28-45(37)51-32-16-2-1-3-17-32)35-20-6-9-23-40(35)47(41)38-21-7-4-18-33(38)34-19-5-8-22-39(34)47/h1-29,50H/b48-29+. The molecule has 0 saturated heterocycles. The lowest BCUT2D eigenvalue weighted by Crippen LogP contribution is -2.25. The number of pyridine rings is 1. The van der Waals surface area contributed by atoms with Gasteiger partial charge in [-0.25, -0.2) is 4.98 Å². The molecule has 0 unspecified atom stereocenters. The monoisotopic (exact) mass is 654 g/mol. The molecule has 0 radical (unpaired) electrons. The summed E-state index contributed by atoms with van der Waals surface area (Å²) in [4.78, 5) is 9.95. The van der Waals surface area contributed by atoms with Gasteiger partial charge in [0.25, 0.3) is 0 Å². The van der Waals surface area contributed by atoms with E-state index in [9.17, 15) is 5.11 Å². The molecule has 4 heteroatoms. The van der Waals surface area contributed by atoms with Crippen LogP contribution in [0.25, 0.3) is 44.3 Å². The molecule has 0 atom stereocenters. The lowest BCUT2D eigenvalue weighted by atomic mass is 9.70. The summed E-state index contributed by atoms with van der Waals surface area (Å²) in [5.41, 5.74) is 12.5. The number of aliphatic imine (C=N–C) groups is 1. The molecule has 10 rings (SSSR count). The number of phenolic OH excluding ortho intramolecular Hbond substituents is 1. The first-order chi connectivity index (χ1) is 25.2. The van der Waals surface area contributed by atoms with Gasteiger partial charge in [0.15, 0.2) is 0 Å². The zero-order valence-electron chi connectivity index (χ0n) is 27.5.